The second-order valence-electron chi connectivity index (χ2n) is 32.3. The van der Waals surface area contributed by atoms with Gasteiger partial charge in [0.1, 0.15) is 0 Å². The van der Waals surface area contributed by atoms with Crippen LogP contribution < -0.4 is 54.3 Å². The van der Waals surface area contributed by atoms with Gasteiger partial charge in [-0.2, -0.15) is 0 Å². The Morgan fingerprint density at radius 2 is 0.838 bits per heavy atom. The van der Waals surface area contributed by atoms with Crippen LogP contribution >= 0.6 is 0 Å². The average molecular weight is 1490 g/mol. The van der Waals surface area contributed by atoms with E-state index in [-0.39, 0.29) is 10.8 Å². The van der Waals surface area contributed by atoms with Gasteiger partial charge in [0.2, 0.25) is 0 Å². The van der Waals surface area contributed by atoms with E-state index in [1.165, 1.54) is 130 Å². The van der Waals surface area contributed by atoms with Crippen molar-refractivity contribution in [2.45, 2.75) is 119 Å². The quantitative estimate of drug-likeness (QED) is 0.130. The number of fused-ring (bicyclic) bond motifs is 14. The van der Waals surface area contributed by atoms with Gasteiger partial charge in [0.25, 0.3) is 0 Å². The summed E-state index contributed by atoms with van der Waals surface area (Å²) in [6.45, 7) is 31.7. The molecule has 4 unspecified atom stereocenters. The minimum atomic E-state index is -4.26. The van der Waals surface area contributed by atoms with E-state index in [9.17, 15) is 0 Å². The molecule has 0 saturated heterocycles. The van der Waals surface area contributed by atoms with Crippen LogP contribution in [0.1, 0.15) is 120 Å². The fourth-order valence-corrected chi connectivity index (χ4v) is 33.8. The first kappa shape index (κ1) is 63.0. The first-order valence-electron chi connectivity index (χ1n) is 36.9. The maximum absolute atomic E-state index is 16.5. The SMILES string of the molecule is Cc1cccc(C)c1-c1ccc(-c2c(C)n3[n+](c2C)C24c5c(cccc5-3)Oc3ccc5c(c32)[As](=O)(c2ccccc2-5)c2cc(C(C)(C)C)cc[n+]24)cc1.Cc1cccc(C)c1-c1ccc(-c2c(C)n3[n+](c2C)C24c5c(cccc5-3)Oc3ccc5c(c32)[As](c2ccccc2-5)c2cc(C(C)(C)C)cc[n+]24)cc1. The molecule has 2 spiro atoms. The number of ether oxygens (including phenoxy) is 2. The molecule has 0 amide bonds. The van der Waals surface area contributed by atoms with Gasteiger partial charge >= 0.3 is 561 Å². The van der Waals surface area contributed by atoms with Gasteiger partial charge in [0, 0.05) is 0 Å². The molecule has 0 bridgehead atoms. The zero-order chi connectivity index (χ0) is 71.8. The predicted octanol–water partition coefficient (Wildman–Crippen LogP) is 14.8. The zero-order valence-corrected chi connectivity index (χ0v) is 65.5. The molecule has 4 atom stereocenters. The molecular formula is C94H80As2N6O3+4. The van der Waals surface area contributed by atoms with Gasteiger partial charge in [-0.25, -0.2) is 0 Å². The number of hydrogen-bond acceptors (Lipinski definition) is 3. The van der Waals surface area contributed by atoms with E-state index in [1.54, 1.807) is 0 Å². The van der Waals surface area contributed by atoms with E-state index >= 15 is 3.74 Å². The summed E-state index contributed by atoms with van der Waals surface area (Å²) in [5.41, 5.74) is 32.8. The van der Waals surface area contributed by atoms with E-state index < -0.39 is 39.5 Å². The van der Waals surface area contributed by atoms with Gasteiger partial charge in [-0.15, -0.1) is 0 Å². The molecule has 9 nitrogen and oxygen atoms in total. The van der Waals surface area contributed by atoms with Gasteiger partial charge < -0.3 is 0 Å². The second kappa shape index (κ2) is 21.1. The summed E-state index contributed by atoms with van der Waals surface area (Å²) in [5, 5.41) is 0. The van der Waals surface area contributed by atoms with Gasteiger partial charge in [0.05, 0.1) is 0 Å². The number of rotatable bonds is 4. The van der Waals surface area contributed by atoms with Crippen LogP contribution in [0.3, 0.4) is 0 Å². The summed E-state index contributed by atoms with van der Waals surface area (Å²) in [7, 11) is 0. The summed E-state index contributed by atoms with van der Waals surface area (Å²) in [6, 6.07) is 80.4. The van der Waals surface area contributed by atoms with Crippen molar-refractivity contribution < 1.29 is 31.7 Å². The van der Waals surface area contributed by atoms with Crippen LogP contribution in [0.25, 0.3) is 78.1 Å². The topological polar surface area (TPSA) is 60.9 Å². The molecule has 8 aliphatic rings. The van der Waals surface area contributed by atoms with Gasteiger partial charge in [-0.3, -0.25) is 0 Å². The predicted molar refractivity (Wildman–Crippen MR) is 419 cm³/mol. The Morgan fingerprint density at radius 1 is 0.400 bits per heavy atom. The number of aryl methyl sites for hydroxylation is 4. The van der Waals surface area contributed by atoms with Crippen molar-refractivity contribution in [2.75, 3.05) is 0 Å². The Bertz CT molecular complexity index is 6360. The Hall–Kier alpha value is -10.6. The third-order valence-electron chi connectivity index (χ3n) is 24.6. The summed E-state index contributed by atoms with van der Waals surface area (Å²) in [6.07, 6.45) is 4.65. The fraction of sp³-hybridized carbons (Fsp3) is 0.191. The van der Waals surface area contributed by atoms with Crippen LogP contribution in [0.2, 0.25) is 0 Å². The third kappa shape index (κ3) is 7.75. The molecule has 8 aliphatic heterocycles. The zero-order valence-electron chi connectivity index (χ0n) is 61.7. The van der Waals surface area contributed by atoms with Crippen LogP contribution in [0.4, 0.5) is 0 Å². The molecule has 105 heavy (non-hydrogen) atoms. The van der Waals surface area contributed by atoms with Crippen LogP contribution in [0, 0.1) is 55.4 Å². The molecule has 0 fully saturated rings. The van der Waals surface area contributed by atoms with Crippen molar-refractivity contribution in [2.24, 2.45) is 0 Å². The van der Waals surface area contributed by atoms with Crippen LogP contribution in [0.5, 0.6) is 23.0 Å². The Morgan fingerprint density at radius 3 is 1.37 bits per heavy atom. The standard InChI is InChI=1S/C47H40AsN3O2.C47H40AsN3O/c1-27-12-10-13-28(2)41(27)31-18-20-32(21-19-31)42-29(3)50-37-16-11-17-38-43(37)47(51(50)30(42)4)44-39(53-38)23-22-35-34-14-8-9-15-36(34)48(52,45(35)44)40-26-33(46(5,6)7)24-25-49(40)47;1-27-12-10-13-28(2)41(27)31-18-20-32(21-19-31)42-29(3)50-37-16-11-17-38-43(37)47(51(50)30(42)4)44-39(52-38)23-22-35-34-14-8-9-15-36(34)48(45(35)44)40-26-33(46(5,6)7)24-25-49(40)47/h8-26H,1-7H3;8-26H,1-7H3/q2*+2. The number of nitrogens with zero attached hydrogens (tertiary/aromatic N) is 6. The summed E-state index contributed by atoms with van der Waals surface area (Å²) in [5.74, 6) is 3.53. The third-order valence-corrected chi connectivity index (χ3v) is 36.6. The van der Waals surface area contributed by atoms with Crippen molar-refractivity contribution in [3.63, 3.8) is 0 Å². The molecule has 12 heterocycles. The number of benzene rings is 10. The van der Waals surface area contributed by atoms with E-state index in [1.807, 2.05) is 6.07 Å². The molecule has 11 heteroatoms. The molecule has 22 rings (SSSR count). The van der Waals surface area contributed by atoms with Crippen LogP contribution in [-0.2, 0) is 25.9 Å². The first-order chi connectivity index (χ1) is 50.6. The van der Waals surface area contributed by atoms with E-state index in [4.69, 9.17) is 9.47 Å². The molecule has 4 aromatic heterocycles. The molecule has 510 valence electrons. The Balaban J connectivity index is 0.000000135. The van der Waals surface area contributed by atoms with Crippen LogP contribution in [0.15, 0.2) is 231 Å². The van der Waals surface area contributed by atoms with Gasteiger partial charge in [0.15, 0.2) is 0 Å². The Kier molecular flexibility index (Phi) is 12.7. The van der Waals surface area contributed by atoms with E-state index in [2.05, 4.69) is 350 Å². The summed E-state index contributed by atoms with van der Waals surface area (Å²) in [4.78, 5) is 0. The molecule has 0 aliphatic carbocycles. The molecule has 0 radical (unpaired) electrons. The number of pyridine rings is 2. The van der Waals surface area contributed by atoms with Gasteiger partial charge in [-0.05, 0) is 27.7 Å². The Labute approximate surface area is 620 Å². The van der Waals surface area contributed by atoms with Crippen molar-refractivity contribution in [3.8, 4) is 101 Å². The molecule has 0 saturated carbocycles. The average Bonchev–Trinajstić information content (AvgIpc) is 1.49. The normalized spacial score (nSPS) is 18.6. The summed E-state index contributed by atoms with van der Waals surface area (Å²) < 4.78 is 52.8. The van der Waals surface area contributed by atoms with Gasteiger partial charge in [-0.1, -0.05) is 36.4 Å². The summed E-state index contributed by atoms with van der Waals surface area (Å²) >= 11 is -6.24. The van der Waals surface area contributed by atoms with E-state index in [0.29, 0.717) is 0 Å². The van der Waals surface area contributed by atoms with Crippen molar-refractivity contribution in [1.29, 1.82) is 0 Å². The number of hydrogen-bond donors (Lipinski definition) is 0. The minimum absolute atomic E-state index is 0.0241. The van der Waals surface area contributed by atoms with Crippen molar-refractivity contribution >= 4 is 54.5 Å². The molecular weight excluding hydrogens is 1410 g/mol. The monoisotopic (exact) mass is 1490 g/mol. The molecule has 0 N–H and O–H groups in total. The molecule has 10 aromatic carbocycles. The fourth-order valence-electron chi connectivity index (χ4n) is 20.2. The van der Waals surface area contributed by atoms with Crippen molar-refractivity contribution in [3.05, 3.63) is 309 Å². The van der Waals surface area contributed by atoms with E-state index in [0.717, 1.165) is 75.5 Å². The van der Waals surface area contributed by atoms with Crippen LogP contribution in [-0.4, -0.2) is 37.5 Å². The van der Waals surface area contributed by atoms with Crippen molar-refractivity contribution in [1.82, 2.24) is 9.36 Å². The second-order valence-corrected chi connectivity index (χ2v) is 42.1. The first-order valence-corrected chi connectivity index (χ1v) is 43.3. The number of aromatic nitrogens is 6. The maximum atomic E-state index is 16.5. The molecule has 14 aromatic rings.